The van der Waals surface area contributed by atoms with Crippen molar-refractivity contribution in [3.63, 3.8) is 0 Å². The number of pyridine rings is 1. The first-order valence-electron chi connectivity index (χ1n) is 8.90. The Morgan fingerprint density at radius 1 is 1.28 bits per heavy atom. The second-order valence-electron chi connectivity index (χ2n) is 7.03. The Kier molecular flexibility index (Phi) is 4.81. The first-order valence-corrected chi connectivity index (χ1v) is 9.95. The van der Waals surface area contributed by atoms with Crippen molar-refractivity contribution in [2.24, 2.45) is 0 Å². The smallest absolute Gasteiger partial charge is 0.275 e. The zero-order chi connectivity index (χ0) is 20.9. The molecule has 2 atom stereocenters. The van der Waals surface area contributed by atoms with Gasteiger partial charge in [-0.2, -0.15) is 0 Å². The fourth-order valence-corrected chi connectivity index (χ4v) is 5.02. The minimum absolute atomic E-state index is 0.0182. The summed E-state index contributed by atoms with van der Waals surface area (Å²) in [6.07, 6.45) is 1.25. The highest BCUT2D eigenvalue weighted by Crippen LogP contribution is 2.36. The van der Waals surface area contributed by atoms with E-state index in [1.807, 2.05) is 6.92 Å². The average Bonchev–Trinajstić information content (AvgIpc) is 3.03. The molecule has 7 nitrogen and oxygen atoms in total. The molecule has 1 aromatic carbocycles. The van der Waals surface area contributed by atoms with Gasteiger partial charge in [-0.15, -0.1) is 11.8 Å². The maximum atomic E-state index is 13.3. The summed E-state index contributed by atoms with van der Waals surface area (Å²) in [4.78, 5) is 39.4. The number of fused-ring (bicyclic) bond motifs is 2. The molecule has 3 heterocycles. The van der Waals surface area contributed by atoms with Crippen molar-refractivity contribution < 1.29 is 23.5 Å². The van der Waals surface area contributed by atoms with Crippen LogP contribution in [-0.4, -0.2) is 43.6 Å². The van der Waals surface area contributed by atoms with E-state index in [0.29, 0.717) is 12.6 Å². The number of amides is 2. The van der Waals surface area contributed by atoms with Crippen molar-refractivity contribution in [1.82, 2.24) is 14.8 Å². The second-order valence-corrected chi connectivity index (χ2v) is 8.24. The summed E-state index contributed by atoms with van der Waals surface area (Å²) in [5.74, 6) is -2.86. The predicted molar refractivity (Wildman–Crippen MR) is 102 cm³/mol. The lowest BCUT2D eigenvalue weighted by Gasteiger charge is -2.34. The quantitative estimate of drug-likeness (QED) is 0.787. The first-order chi connectivity index (χ1) is 13.8. The summed E-state index contributed by atoms with van der Waals surface area (Å²) >= 11 is 1.59. The van der Waals surface area contributed by atoms with Crippen LogP contribution in [0.4, 0.5) is 8.78 Å². The summed E-state index contributed by atoms with van der Waals surface area (Å²) in [6.45, 7) is 2.02. The van der Waals surface area contributed by atoms with Crippen molar-refractivity contribution in [1.29, 1.82) is 0 Å². The first kappa shape index (κ1) is 19.4. The van der Waals surface area contributed by atoms with Crippen LogP contribution in [0.25, 0.3) is 0 Å². The maximum absolute atomic E-state index is 13.3. The minimum Gasteiger partial charge on any atom is -0.503 e. The van der Waals surface area contributed by atoms with Crippen LogP contribution in [0, 0.1) is 11.6 Å². The number of hydrogen-bond donors (Lipinski definition) is 2. The van der Waals surface area contributed by atoms with Crippen LogP contribution in [0.3, 0.4) is 0 Å². The van der Waals surface area contributed by atoms with Gasteiger partial charge in [-0.05, 0) is 24.6 Å². The normalized spacial score (nSPS) is 20.4. The molecule has 10 heteroatoms. The van der Waals surface area contributed by atoms with E-state index in [-0.39, 0.29) is 34.8 Å². The van der Waals surface area contributed by atoms with Gasteiger partial charge >= 0.3 is 0 Å². The van der Waals surface area contributed by atoms with Gasteiger partial charge in [-0.3, -0.25) is 14.4 Å². The molecule has 2 aliphatic rings. The third-order valence-corrected chi connectivity index (χ3v) is 6.42. The number of halogens is 2. The third kappa shape index (κ3) is 3.37. The fourth-order valence-electron chi connectivity index (χ4n) is 3.63. The van der Waals surface area contributed by atoms with Crippen LogP contribution in [-0.2, 0) is 13.1 Å². The standard InChI is InChI=1S/C19H17F2N3O4S/c1-9-8-29-14-7-23-6-13(16(25)17(26)15(23)19(28)24(9)14)18(27)22-5-10-2-11(20)4-12(21)3-10/h2-4,6,9,14,26H,5,7-8H2,1H3,(H,22,27)/t9-,14?/m0/s1. The Hall–Kier alpha value is -2.88. The molecule has 2 aliphatic heterocycles. The number of benzene rings is 1. The number of thioether (sulfide) groups is 1. The topological polar surface area (TPSA) is 91.6 Å². The van der Waals surface area contributed by atoms with Gasteiger partial charge in [-0.25, -0.2) is 8.78 Å². The summed E-state index contributed by atoms with van der Waals surface area (Å²) in [7, 11) is 0. The van der Waals surface area contributed by atoms with E-state index < -0.39 is 34.6 Å². The monoisotopic (exact) mass is 421 g/mol. The van der Waals surface area contributed by atoms with Crippen LogP contribution in [0.15, 0.2) is 29.2 Å². The molecule has 0 aliphatic carbocycles. The van der Waals surface area contributed by atoms with Crippen molar-refractivity contribution in [2.75, 3.05) is 5.75 Å². The molecule has 0 spiro atoms. The highest BCUT2D eigenvalue weighted by molar-refractivity contribution is 8.00. The van der Waals surface area contributed by atoms with Crippen LogP contribution in [0.2, 0.25) is 0 Å². The fraction of sp³-hybridized carbons (Fsp3) is 0.316. The van der Waals surface area contributed by atoms with E-state index in [4.69, 9.17) is 0 Å². The number of nitrogens with zero attached hydrogens (tertiary/aromatic N) is 2. The zero-order valence-electron chi connectivity index (χ0n) is 15.3. The Balaban J connectivity index is 1.62. The SMILES string of the molecule is C[C@H]1CSC2Cn3cc(C(=O)NCc4cc(F)cc(F)c4)c(=O)c(O)c3C(=O)N21. The number of aromatic hydroxyl groups is 1. The molecule has 0 radical (unpaired) electrons. The van der Waals surface area contributed by atoms with Gasteiger partial charge in [0.25, 0.3) is 11.8 Å². The predicted octanol–water partition coefficient (Wildman–Crippen LogP) is 1.68. The Morgan fingerprint density at radius 2 is 1.97 bits per heavy atom. The van der Waals surface area contributed by atoms with E-state index >= 15 is 0 Å². The Morgan fingerprint density at radius 3 is 2.66 bits per heavy atom. The number of hydrogen-bond acceptors (Lipinski definition) is 5. The van der Waals surface area contributed by atoms with Crippen LogP contribution >= 0.6 is 11.8 Å². The van der Waals surface area contributed by atoms with E-state index in [9.17, 15) is 28.3 Å². The molecule has 0 bridgehead atoms. The summed E-state index contributed by atoms with van der Waals surface area (Å²) < 4.78 is 28.0. The molecule has 0 saturated carbocycles. The lowest BCUT2D eigenvalue weighted by atomic mass is 10.1. The Bertz CT molecular complexity index is 1070. The highest BCUT2D eigenvalue weighted by Gasteiger charge is 2.42. The number of aromatic nitrogens is 1. The average molecular weight is 421 g/mol. The minimum atomic E-state index is -0.967. The van der Waals surface area contributed by atoms with Gasteiger partial charge in [0, 0.05) is 30.6 Å². The summed E-state index contributed by atoms with van der Waals surface area (Å²) in [5.41, 5.74) is -1.27. The summed E-state index contributed by atoms with van der Waals surface area (Å²) in [6, 6.07) is 2.82. The molecule has 1 fully saturated rings. The van der Waals surface area contributed by atoms with Gasteiger partial charge in [0.2, 0.25) is 5.43 Å². The molecule has 29 heavy (non-hydrogen) atoms. The van der Waals surface area contributed by atoms with Crippen LogP contribution in [0.1, 0.15) is 33.3 Å². The van der Waals surface area contributed by atoms with Gasteiger partial charge in [-0.1, -0.05) is 0 Å². The zero-order valence-corrected chi connectivity index (χ0v) is 16.1. The molecule has 4 rings (SSSR count). The van der Waals surface area contributed by atoms with E-state index in [0.717, 1.165) is 17.9 Å². The van der Waals surface area contributed by atoms with Gasteiger partial charge in [0.1, 0.15) is 17.2 Å². The molecule has 1 unspecified atom stereocenters. The molecule has 1 saturated heterocycles. The number of nitrogens with one attached hydrogen (secondary N) is 1. The highest BCUT2D eigenvalue weighted by atomic mass is 32.2. The van der Waals surface area contributed by atoms with Crippen molar-refractivity contribution >= 4 is 23.6 Å². The molecule has 1 aromatic heterocycles. The maximum Gasteiger partial charge on any atom is 0.275 e. The number of rotatable bonds is 3. The largest absolute Gasteiger partial charge is 0.503 e. The molecule has 2 aromatic rings. The lowest BCUT2D eigenvalue weighted by molar-refractivity contribution is 0.0634. The number of carbonyl (C=O) groups is 2. The van der Waals surface area contributed by atoms with Crippen molar-refractivity contribution in [3.8, 4) is 5.75 Å². The third-order valence-electron chi connectivity index (χ3n) is 4.98. The van der Waals surface area contributed by atoms with Gasteiger partial charge in [0.05, 0.1) is 11.9 Å². The summed E-state index contributed by atoms with van der Waals surface area (Å²) in [5, 5.41) is 12.6. The molecule has 152 valence electrons. The van der Waals surface area contributed by atoms with E-state index in [1.54, 1.807) is 16.7 Å². The number of carbonyl (C=O) groups excluding carboxylic acids is 2. The van der Waals surface area contributed by atoms with Crippen LogP contribution in [0.5, 0.6) is 5.75 Å². The van der Waals surface area contributed by atoms with Crippen molar-refractivity contribution in [2.45, 2.75) is 31.4 Å². The molecular formula is C19H17F2N3O4S. The molecule has 2 N–H and O–H groups in total. The van der Waals surface area contributed by atoms with Crippen molar-refractivity contribution in [3.05, 3.63) is 63.1 Å². The lowest BCUT2D eigenvalue weighted by Crippen LogP contribution is -2.48. The second kappa shape index (κ2) is 7.18. The molecule has 2 amide bonds. The van der Waals surface area contributed by atoms with Gasteiger partial charge < -0.3 is 19.9 Å². The van der Waals surface area contributed by atoms with Gasteiger partial charge in [0.15, 0.2) is 11.4 Å². The van der Waals surface area contributed by atoms with E-state index in [1.165, 1.54) is 10.8 Å². The van der Waals surface area contributed by atoms with Crippen LogP contribution < -0.4 is 10.7 Å². The molecular weight excluding hydrogens is 404 g/mol. The Labute approximate surface area is 168 Å². The van der Waals surface area contributed by atoms with E-state index in [2.05, 4.69) is 5.32 Å².